The molecule has 3 rings (SSSR count). The van der Waals surface area contributed by atoms with Gasteiger partial charge in [-0.25, -0.2) is 0 Å². The lowest BCUT2D eigenvalue weighted by Gasteiger charge is -2.06. The Bertz CT molecular complexity index is 868. The number of benzene rings is 3. The molecule has 0 aliphatic rings. The molecule has 25 heavy (non-hydrogen) atoms. The predicted octanol–water partition coefficient (Wildman–Crippen LogP) is 6.29. The number of aryl methyl sites for hydroxylation is 2. The quantitative estimate of drug-likeness (QED) is 0.496. The first-order valence-corrected chi connectivity index (χ1v) is 8.56. The zero-order valence-corrected chi connectivity index (χ0v) is 15.1. The normalized spacial score (nSPS) is 11.0. The van der Waals surface area contributed by atoms with E-state index < -0.39 is 0 Å². The van der Waals surface area contributed by atoms with E-state index in [9.17, 15) is 0 Å². The van der Waals surface area contributed by atoms with Crippen molar-refractivity contribution in [3.63, 3.8) is 0 Å². The summed E-state index contributed by atoms with van der Waals surface area (Å²) in [7, 11) is 0. The molecule has 0 aliphatic carbocycles. The van der Waals surface area contributed by atoms with Crippen LogP contribution < -0.4 is 4.74 Å². The van der Waals surface area contributed by atoms with Gasteiger partial charge in [-0.1, -0.05) is 29.8 Å². The summed E-state index contributed by atoms with van der Waals surface area (Å²) in [5.74, 6) is 0.832. The molecule has 0 saturated carbocycles. The summed E-state index contributed by atoms with van der Waals surface area (Å²) >= 11 is 5.88. The van der Waals surface area contributed by atoms with Crippen molar-refractivity contribution in [2.45, 2.75) is 20.5 Å². The Labute approximate surface area is 153 Å². The highest BCUT2D eigenvalue weighted by Crippen LogP contribution is 2.18. The number of ether oxygens (including phenoxy) is 1. The monoisotopic (exact) mass is 349 g/mol. The average Bonchev–Trinajstić information content (AvgIpc) is 2.63. The second-order valence-corrected chi connectivity index (χ2v) is 6.45. The van der Waals surface area contributed by atoms with E-state index in [1.165, 1.54) is 11.1 Å². The van der Waals surface area contributed by atoms with Crippen LogP contribution in [-0.2, 0) is 6.61 Å². The molecule has 2 nitrogen and oxygen atoms in total. The molecule has 3 aromatic rings. The van der Waals surface area contributed by atoms with Gasteiger partial charge in [0.2, 0.25) is 0 Å². The average molecular weight is 350 g/mol. The zero-order valence-electron chi connectivity index (χ0n) is 14.4. The van der Waals surface area contributed by atoms with Crippen LogP contribution >= 0.6 is 11.6 Å². The maximum Gasteiger partial charge on any atom is 0.119 e. The van der Waals surface area contributed by atoms with Crippen molar-refractivity contribution >= 4 is 23.5 Å². The van der Waals surface area contributed by atoms with Crippen LogP contribution in [0.25, 0.3) is 0 Å². The van der Waals surface area contributed by atoms with Crippen LogP contribution in [0.5, 0.6) is 5.75 Å². The van der Waals surface area contributed by atoms with Gasteiger partial charge in [-0.2, -0.15) is 0 Å². The standard InChI is InChI=1S/C22H20ClNO/c1-16-3-10-21(13-17(16)2)24-14-18-6-11-22(12-7-18)25-15-19-4-8-20(23)9-5-19/h3-14H,15H2,1-2H3. The van der Waals surface area contributed by atoms with Gasteiger partial charge in [0.1, 0.15) is 12.4 Å². The minimum Gasteiger partial charge on any atom is -0.489 e. The van der Waals surface area contributed by atoms with Gasteiger partial charge in [-0.15, -0.1) is 0 Å². The fourth-order valence-electron chi connectivity index (χ4n) is 2.35. The molecule has 0 N–H and O–H groups in total. The predicted molar refractivity (Wildman–Crippen MR) is 105 cm³/mol. The van der Waals surface area contributed by atoms with E-state index >= 15 is 0 Å². The van der Waals surface area contributed by atoms with Gasteiger partial charge in [-0.05, 0) is 84.6 Å². The van der Waals surface area contributed by atoms with Gasteiger partial charge in [0.15, 0.2) is 0 Å². The molecule has 126 valence electrons. The lowest BCUT2D eigenvalue weighted by Crippen LogP contribution is -1.95. The Morgan fingerprint density at radius 1 is 0.880 bits per heavy atom. The van der Waals surface area contributed by atoms with Crippen LogP contribution in [0.3, 0.4) is 0 Å². The summed E-state index contributed by atoms with van der Waals surface area (Å²) in [6.45, 7) is 4.72. The molecule has 0 saturated heterocycles. The first kappa shape index (κ1) is 17.2. The Morgan fingerprint density at radius 3 is 2.28 bits per heavy atom. The second kappa shape index (κ2) is 8.00. The fraction of sp³-hybridized carbons (Fsp3) is 0.136. The number of aliphatic imine (C=N–C) groups is 1. The van der Waals surface area contributed by atoms with Gasteiger partial charge in [0.25, 0.3) is 0 Å². The highest BCUT2D eigenvalue weighted by Gasteiger charge is 1.98. The van der Waals surface area contributed by atoms with Crippen molar-refractivity contribution in [1.29, 1.82) is 0 Å². The molecule has 0 unspecified atom stereocenters. The van der Waals surface area contributed by atoms with E-state index in [2.05, 4.69) is 31.0 Å². The van der Waals surface area contributed by atoms with E-state index in [0.717, 1.165) is 27.6 Å². The van der Waals surface area contributed by atoms with E-state index in [-0.39, 0.29) is 0 Å². The molecule has 0 fully saturated rings. The Balaban J connectivity index is 1.60. The third kappa shape index (κ3) is 4.94. The molecular formula is C22H20ClNO. The van der Waals surface area contributed by atoms with E-state index in [1.807, 2.05) is 60.8 Å². The number of rotatable bonds is 5. The molecule has 3 aromatic carbocycles. The molecule has 0 aliphatic heterocycles. The van der Waals surface area contributed by atoms with Crippen molar-refractivity contribution in [3.05, 3.63) is 94.0 Å². The highest BCUT2D eigenvalue weighted by molar-refractivity contribution is 6.30. The minimum atomic E-state index is 0.521. The zero-order chi connectivity index (χ0) is 17.6. The van der Waals surface area contributed by atoms with Crippen molar-refractivity contribution in [3.8, 4) is 5.75 Å². The van der Waals surface area contributed by atoms with Crippen LogP contribution in [0.4, 0.5) is 5.69 Å². The molecule has 0 radical (unpaired) electrons. The van der Waals surface area contributed by atoms with Crippen molar-refractivity contribution in [2.24, 2.45) is 4.99 Å². The third-order valence-electron chi connectivity index (χ3n) is 4.05. The van der Waals surface area contributed by atoms with Crippen molar-refractivity contribution < 1.29 is 4.74 Å². The largest absolute Gasteiger partial charge is 0.489 e. The maximum absolute atomic E-state index is 5.88. The van der Waals surface area contributed by atoms with Crippen LogP contribution in [0.2, 0.25) is 5.02 Å². The van der Waals surface area contributed by atoms with Gasteiger partial charge < -0.3 is 4.74 Å². The van der Waals surface area contributed by atoms with E-state index in [0.29, 0.717) is 6.61 Å². The lowest BCUT2D eigenvalue weighted by molar-refractivity contribution is 0.306. The van der Waals surface area contributed by atoms with Crippen molar-refractivity contribution in [2.75, 3.05) is 0 Å². The SMILES string of the molecule is Cc1ccc(N=Cc2ccc(OCc3ccc(Cl)cc3)cc2)cc1C. The van der Waals surface area contributed by atoms with Crippen LogP contribution in [0.15, 0.2) is 71.7 Å². The number of nitrogens with zero attached hydrogens (tertiary/aromatic N) is 1. The Morgan fingerprint density at radius 2 is 1.60 bits per heavy atom. The lowest BCUT2D eigenvalue weighted by atomic mass is 10.1. The summed E-state index contributed by atoms with van der Waals surface area (Å²) in [6, 6.07) is 21.8. The number of hydrogen-bond acceptors (Lipinski definition) is 2. The maximum atomic E-state index is 5.88. The second-order valence-electron chi connectivity index (χ2n) is 6.01. The highest BCUT2D eigenvalue weighted by atomic mass is 35.5. The van der Waals surface area contributed by atoms with E-state index in [1.54, 1.807) is 0 Å². The molecule has 0 atom stereocenters. The summed E-state index contributed by atoms with van der Waals surface area (Å²) in [4.78, 5) is 4.53. The van der Waals surface area contributed by atoms with Crippen LogP contribution in [0.1, 0.15) is 22.3 Å². The number of halogens is 1. The molecule has 3 heteroatoms. The van der Waals surface area contributed by atoms with Crippen LogP contribution in [0, 0.1) is 13.8 Å². The summed E-state index contributed by atoms with van der Waals surface area (Å²) in [5.41, 5.74) is 5.62. The van der Waals surface area contributed by atoms with Gasteiger partial charge >= 0.3 is 0 Å². The summed E-state index contributed by atoms with van der Waals surface area (Å²) in [6.07, 6.45) is 1.87. The molecule has 0 spiro atoms. The molecular weight excluding hydrogens is 330 g/mol. The summed E-state index contributed by atoms with van der Waals surface area (Å²) < 4.78 is 5.79. The smallest absolute Gasteiger partial charge is 0.119 e. The first-order valence-electron chi connectivity index (χ1n) is 8.19. The van der Waals surface area contributed by atoms with Gasteiger partial charge in [-0.3, -0.25) is 4.99 Å². The molecule has 0 heterocycles. The first-order chi connectivity index (χ1) is 12.1. The van der Waals surface area contributed by atoms with Gasteiger partial charge in [0, 0.05) is 11.2 Å². The Hall–Kier alpha value is -2.58. The summed E-state index contributed by atoms with van der Waals surface area (Å²) in [5, 5.41) is 0.733. The topological polar surface area (TPSA) is 21.6 Å². The van der Waals surface area contributed by atoms with Crippen molar-refractivity contribution in [1.82, 2.24) is 0 Å². The minimum absolute atomic E-state index is 0.521. The van der Waals surface area contributed by atoms with Gasteiger partial charge in [0.05, 0.1) is 5.69 Å². The Kier molecular flexibility index (Phi) is 5.52. The fourth-order valence-corrected chi connectivity index (χ4v) is 2.48. The molecule has 0 bridgehead atoms. The van der Waals surface area contributed by atoms with Crippen LogP contribution in [-0.4, -0.2) is 6.21 Å². The third-order valence-corrected chi connectivity index (χ3v) is 4.30. The molecule has 0 aromatic heterocycles. The molecule has 0 amide bonds. The number of hydrogen-bond donors (Lipinski definition) is 0. The van der Waals surface area contributed by atoms with E-state index in [4.69, 9.17) is 16.3 Å².